The van der Waals surface area contributed by atoms with E-state index in [-0.39, 0.29) is 6.04 Å². The van der Waals surface area contributed by atoms with Crippen molar-refractivity contribution in [3.05, 3.63) is 59.2 Å². The molecule has 32 heavy (non-hydrogen) atoms. The van der Waals surface area contributed by atoms with E-state index in [0.717, 1.165) is 28.0 Å². The van der Waals surface area contributed by atoms with Gasteiger partial charge in [0.15, 0.2) is 11.5 Å². The number of aromatic nitrogens is 2. The Morgan fingerprint density at radius 2 is 1.84 bits per heavy atom. The second-order valence-electron chi connectivity index (χ2n) is 7.37. The largest absolute Gasteiger partial charge is 0.497 e. The number of thiophene rings is 1. The van der Waals surface area contributed by atoms with E-state index < -0.39 is 0 Å². The lowest BCUT2D eigenvalue weighted by Crippen LogP contribution is -2.08. The van der Waals surface area contributed by atoms with Gasteiger partial charge in [-0.1, -0.05) is 12.1 Å². The normalized spacial score (nSPS) is 11.9. The van der Waals surface area contributed by atoms with E-state index in [2.05, 4.69) is 46.5 Å². The van der Waals surface area contributed by atoms with Crippen LogP contribution < -0.4 is 19.5 Å². The fraction of sp³-hybridized carbons (Fsp3) is 0.280. The molecular formula is C25H27N3O3S. The molecule has 0 saturated carbocycles. The monoisotopic (exact) mass is 449 g/mol. The molecule has 4 rings (SSSR count). The second-order valence-corrected chi connectivity index (χ2v) is 8.49. The number of benzene rings is 2. The van der Waals surface area contributed by atoms with Gasteiger partial charge in [-0.3, -0.25) is 0 Å². The Labute approximate surface area is 192 Å². The molecule has 0 spiro atoms. The van der Waals surface area contributed by atoms with Crippen molar-refractivity contribution >= 4 is 28.1 Å². The van der Waals surface area contributed by atoms with Crippen molar-refractivity contribution in [1.82, 2.24) is 9.97 Å². The van der Waals surface area contributed by atoms with E-state index in [9.17, 15) is 0 Å². The van der Waals surface area contributed by atoms with Crippen molar-refractivity contribution in [3.63, 3.8) is 0 Å². The van der Waals surface area contributed by atoms with Gasteiger partial charge in [-0.2, -0.15) is 0 Å². The van der Waals surface area contributed by atoms with Crippen LogP contribution in [0.4, 0.5) is 5.82 Å². The van der Waals surface area contributed by atoms with Gasteiger partial charge in [0.2, 0.25) is 0 Å². The first kappa shape index (κ1) is 21.9. The minimum atomic E-state index is 0.0643. The van der Waals surface area contributed by atoms with Gasteiger partial charge in [0.25, 0.3) is 0 Å². The van der Waals surface area contributed by atoms with Crippen LogP contribution in [0.15, 0.2) is 48.5 Å². The molecule has 0 radical (unpaired) electrons. The summed E-state index contributed by atoms with van der Waals surface area (Å²) in [6.07, 6.45) is 0. The third-order valence-corrected chi connectivity index (χ3v) is 6.47. The Hall–Kier alpha value is -3.32. The molecule has 1 atom stereocenters. The molecule has 6 nitrogen and oxygen atoms in total. The molecule has 0 unspecified atom stereocenters. The average molecular weight is 450 g/mol. The van der Waals surface area contributed by atoms with Crippen LogP contribution in [0.5, 0.6) is 17.2 Å². The fourth-order valence-electron chi connectivity index (χ4n) is 3.58. The van der Waals surface area contributed by atoms with E-state index >= 15 is 0 Å². The van der Waals surface area contributed by atoms with E-state index in [0.29, 0.717) is 23.9 Å². The summed E-state index contributed by atoms with van der Waals surface area (Å²) in [7, 11) is 3.32. The van der Waals surface area contributed by atoms with Crippen LogP contribution in [0.25, 0.3) is 21.3 Å². The van der Waals surface area contributed by atoms with Gasteiger partial charge in [0.05, 0.1) is 32.4 Å². The summed E-state index contributed by atoms with van der Waals surface area (Å²) in [5.74, 6) is 3.67. The summed E-state index contributed by atoms with van der Waals surface area (Å²) in [6.45, 7) is 6.54. The zero-order valence-electron chi connectivity index (χ0n) is 18.9. The molecule has 0 fully saturated rings. The Kier molecular flexibility index (Phi) is 6.46. The number of anilines is 1. The Bertz CT molecular complexity index is 1240. The SMILES string of the molecule is CCOc1cc2nc(C)nc(N[C@@H](C)c3ccc(-c4cccc(OC)c4)s3)c2cc1OC. The van der Waals surface area contributed by atoms with Crippen LogP contribution in [-0.4, -0.2) is 30.8 Å². The Morgan fingerprint density at radius 1 is 1.00 bits per heavy atom. The molecule has 0 saturated heterocycles. The molecule has 2 aromatic heterocycles. The van der Waals surface area contributed by atoms with Crippen molar-refractivity contribution in [1.29, 1.82) is 0 Å². The minimum absolute atomic E-state index is 0.0643. The second kappa shape index (κ2) is 9.44. The number of nitrogens with one attached hydrogen (secondary N) is 1. The highest BCUT2D eigenvalue weighted by atomic mass is 32.1. The van der Waals surface area contributed by atoms with Crippen molar-refractivity contribution in [2.24, 2.45) is 0 Å². The van der Waals surface area contributed by atoms with Crippen LogP contribution in [0, 0.1) is 6.92 Å². The lowest BCUT2D eigenvalue weighted by atomic mass is 10.1. The smallest absolute Gasteiger partial charge is 0.163 e. The molecule has 0 aliphatic heterocycles. The van der Waals surface area contributed by atoms with Gasteiger partial charge in [0.1, 0.15) is 17.4 Å². The summed E-state index contributed by atoms with van der Waals surface area (Å²) in [5.41, 5.74) is 1.96. The number of hydrogen-bond acceptors (Lipinski definition) is 7. The summed E-state index contributed by atoms with van der Waals surface area (Å²) in [6, 6.07) is 16.3. The lowest BCUT2D eigenvalue weighted by Gasteiger charge is -2.17. The maximum Gasteiger partial charge on any atom is 0.163 e. The zero-order valence-corrected chi connectivity index (χ0v) is 19.7. The van der Waals surface area contributed by atoms with Crippen molar-refractivity contribution in [3.8, 4) is 27.7 Å². The van der Waals surface area contributed by atoms with Gasteiger partial charge < -0.3 is 19.5 Å². The molecule has 0 bridgehead atoms. The molecule has 2 heterocycles. The van der Waals surface area contributed by atoms with Gasteiger partial charge in [0, 0.05) is 21.2 Å². The average Bonchev–Trinajstić information content (AvgIpc) is 3.29. The number of rotatable bonds is 8. The number of fused-ring (bicyclic) bond motifs is 1. The predicted octanol–water partition coefficient (Wildman–Crippen LogP) is 6.26. The fourth-order valence-corrected chi connectivity index (χ4v) is 4.59. The molecule has 0 aliphatic carbocycles. The number of ether oxygens (including phenoxy) is 3. The molecule has 166 valence electrons. The summed E-state index contributed by atoms with van der Waals surface area (Å²) in [5, 5.41) is 4.47. The van der Waals surface area contributed by atoms with Crippen LogP contribution in [0.1, 0.15) is 30.6 Å². The molecule has 0 aliphatic rings. The molecule has 1 N–H and O–H groups in total. The Balaban J connectivity index is 1.65. The minimum Gasteiger partial charge on any atom is -0.497 e. The summed E-state index contributed by atoms with van der Waals surface area (Å²) in [4.78, 5) is 11.7. The molecule has 2 aromatic carbocycles. The third kappa shape index (κ3) is 4.48. The lowest BCUT2D eigenvalue weighted by molar-refractivity contribution is 0.311. The standard InChI is InChI=1S/C25H27N3O3S/c1-6-31-22-14-20-19(13-21(22)30-5)25(28-16(3)27-20)26-15(2)23-10-11-24(32-23)17-8-7-9-18(12-17)29-4/h7-15H,6H2,1-5H3,(H,26,27,28)/t15-/m0/s1. The van der Waals surface area contributed by atoms with Gasteiger partial charge >= 0.3 is 0 Å². The van der Waals surface area contributed by atoms with Gasteiger partial charge in [-0.25, -0.2) is 9.97 Å². The maximum atomic E-state index is 5.71. The summed E-state index contributed by atoms with van der Waals surface area (Å²) >= 11 is 1.75. The Morgan fingerprint density at radius 3 is 2.59 bits per heavy atom. The first-order valence-electron chi connectivity index (χ1n) is 10.5. The van der Waals surface area contributed by atoms with E-state index in [1.54, 1.807) is 25.6 Å². The molecule has 4 aromatic rings. The topological polar surface area (TPSA) is 65.5 Å². The zero-order chi connectivity index (χ0) is 22.7. The molecule has 7 heteroatoms. The van der Waals surface area contributed by atoms with Crippen molar-refractivity contribution in [2.75, 3.05) is 26.1 Å². The third-order valence-electron chi connectivity index (χ3n) is 5.15. The highest BCUT2D eigenvalue weighted by Gasteiger charge is 2.16. The van der Waals surface area contributed by atoms with Crippen LogP contribution >= 0.6 is 11.3 Å². The predicted molar refractivity (Wildman–Crippen MR) is 130 cm³/mol. The van der Waals surface area contributed by atoms with Crippen LogP contribution in [0.3, 0.4) is 0 Å². The summed E-state index contributed by atoms with van der Waals surface area (Å²) < 4.78 is 16.6. The van der Waals surface area contributed by atoms with Crippen molar-refractivity contribution in [2.45, 2.75) is 26.8 Å². The van der Waals surface area contributed by atoms with E-state index in [4.69, 9.17) is 14.2 Å². The van der Waals surface area contributed by atoms with Crippen molar-refractivity contribution < 1.29 is 14.2 Å². The first-order valence-corrected chi connectivity index (χ1v) is 11.3. The highest BCUT2D eigenvalue weighted by molar-refractivity contribution is 7.15. The molecule has 0 amide bonds. The van der Waals surface area contributed by atoms with E-state index in [1.165, 1.54) is 9.75 Å². The number of hydrogen-bond donors (Lipinski definition) is 1. The van der Waals surface area contributed by atoms with Gasteiger partial charge in [-0.05, 0) is 56.7 Å². The number of methoxy groups -OCH3 is 2. The first-order chi connectivity index (χ1) is 15.5. The highest BCUT2D eigenvalue weighted by Crippen LogP contribution is 2.37. The number of nitrogens with zero attached hydrogens (tertiary/aromatic N) is 2. The van der Waals surface area contributed by atoms with Gasteiger partial charge in [-0.15, -0.1) is 11.3 Å². The van der Waals surface area contributed by atoms with Crippen LogP contribution in [0.2, 0.25) is 0 Å². The quantitative estimate of drug-likeness (QED) is 0.343. The molecular weight excluding hydrogens is 422 g/mol. The number of aryl methyl sites for hydroxylation is 1. The maximum absolute atomic E-state index is 5.71. The van der Waals surface area contributed by atoms with E-state index in [1.807, 2.05) is 38.1 Å². The van der Waals surface area contributed by atoms with Crippen LogP contribution in [-0.2, 0) is 0 Å².